The number of aromatic nitrogens is 2. The number of rotatable bonds is 5. The maximum absolute atomic E-state index is 6.08. The van der Waals surface area contributed by atoms with Crippen molar-refractivity contribution in [3.8, 4) is 5.75 Å². The Bertz CT molecular complexity index is 582. The summed E-state index contributed by atoms with van der Waals surface area (Å²) in [4.78, 5) is 8.30. The van der Waals surface area contributed by atoms with E-state index in [4.69, 9.17) is 16.3 Å². The number of halogens is 1. The van der Waals surface area contributed by atoms with Crippen molar-refractivity contribution in [2.24, 2.45) is 0 Å². The Morgan fingerprint density at radius 3 is 2.57 bits per heavy atom. The molecule has 0 saturated heterocycles. The first-order valence-corrected chi connectivity index (χ1v) is 7.24. The molecule has 5 heteroatoms. The molecule has 1 heterocycles. The van der Waals surface area contributed by atoms with E-state index in [1.54, 1.807) is 18.5 Å². The number of hydrogen-bond acceptors (Lipinski definition) is 4. The highest BCUT2D eigenvalue weighted by Gasteiger charge is 2.12. The van der Waals surface area contributed by atoms with E-state index in [1.807, 2.05) is 18.2 Å². The molecule has 0 saturated carbocycles. The molecule has 4 nitrogen and oxygen atoms in total. The summed E-state index contributed by atoms with van der Waals surface area (Å²) < 4.78 is 5.82. The molecular weight excluding hydrogens is 286 g/mol. The van der Waals surface area contributed by atoms with Gasteiger partial charge in [0.15, 0.2) is 5.82 Å². The second kappa shape index (κ2) is 6.87. The van der Waals surface area contributed by atoms with Crippen LogP contribution < -0.4 is 10.1 Å². The minimum atomic E-state index is 0.0299. The van der Waals surface area contributed by atoms with Crippen molar-refractivity contribution in [2.75, 3.05) is 0 Å². The Kier molecular flexibility index (Phi) is 5.15. The molecule has 0 fully saturated rings. The van der Waals surface area contributed by atoms with Gasteiger partial charge >= 0.3 is 0 Å². The molecule has 0 unspecified atom stereocenters. The Labute approximate surface area is 130 Å². The highest BCUT2D eigenvalue weighted by atomic mass is 35.5. The Hall–Kier alpha value is -1.65. The van der Waals surface area contributed by atoms with E-state index in [0.29, 0.717) is 24.0 Å². The van der Waals surface area contributed by atoms with Gasteiger partial charge in [-0.15, -0.1) is 0 Å². The largest absolute Gasteiger partial charge is 0.485 e. The summed E-state index contributed by atoms with van der Waals surface area (Å²) >= 11 is 6.08. The predicted octanol–water partition coefficient (Wildman–Crippen LogP) is 3.60. The molecule has 2 aromatic rings. The minimum Gasteiger partial charge on any atom is -0.485 e. The molecule has 0 bridgehead atoms. The highest BCUT2D eigenvalue weighted by Crippen LogP contribution is 2.24. The van der Waals surface area contributed by atoms with Crippen LogP contribution in [0.2, 0.25) is 5.02 Å². The number of nitrogens with zero attached hydrogens (tertiary/aromatic N) is 2. The molecule has 0 spiro atoms. The van der Waals surface area contributed by atoms with E-state index in [2.05, 4.69) is 36.1 Å². The molecule has 21 heavy (non-hydrogen) atoms. The van der Waals surface area contributed by atoms with Gasteiger partial charge < -0.3 is 10.1 Å². The smallest absolute Gasteiger partial charge is 0.166 e. The van der Waals surface area contributed by atoms with Crippen LogP contribution in [0.3, 0.4) is 0 Å². The molecule has 0 radical (unpaired) electrons. The molecule has 0 aliphatic rings. The lowest BCUT2D eigenvalue weighted by Crippen LogP contribution is -2.35. The number of benzene rings is 1. The predicted molar refractivity (Wildman–Crippen MR) is 84.4 cm³/mol. The second-order valence-corrected chi connectivity index (χ2v) is 6.25. The standard InChI is InChI=1S/C16H20ClN3O/c1-16(2,3)20-10-12-9-13(17)5-6-14(12)21-11-15-18-7-4-8-19-15/h4-9,20H,10-11H2,1-3H3. The quantitative estimate of drug-likeness (QED) is 0.917. The van der Waals surface area contributed by atoms with E-state index in [9.17, 15) is 0 Å². The summed E-state index contributed by atoms with van der Waals surface area (Å²) in [6.45, 7) is 7.39. The summed E-state index contributed by atoms with van der Waals surface area (Å²) in [6.07, 6.45) is 3.41. The SMILES string of the molecule is CC(C)(C)NCc1cc(Cl)ccc1OCc1ncccn1. The monoisotopic (exact) mass is 305 g/mol. The van der Waals surface area contributed by atoms with Crippen LogP contribution in [0.1, 0.15) is 32.2 Å². The van der Waals surface area contributed by atoms with Gasteiger partial charge in [0.2, 0.25) is 0 Å². The van der Waals surface area contributed by atoms with Crippen molar-refractivity contribution in [2.45, 2.75) is 39.5 Å². The molecule has 0 amide bonds. The lowest BCUT2D eigenvalue weighted by atomic mass is 10.1. The van der Waals surface area contributed by atoms with Crippen molar-refractivity contribution in [3.05, 3.63) is 53.1 Å². The van der Waals surface area contributed by atoms with Crippen LogP contribution in [0.4, 0.5) is 0 Å². The first-order chi connectivity index (χ1) is 9.94. The van der Waals surface area contributed by atoms with E-state index in [1.165, 1.54) is 0 Å². The third kappa shape index (κ3) is 5.33. The zero-order chi connectivity index (χ0) is 15.3. The molecular formula is C16H20ClN3O. The van der Waals surface area contributed by atoms with Crippen LogP contribution in [0, 0.1) is 0 Å². The van der Waals surface area contributed by atoms with Crippen molar-refractivity contribution >= 4 is 11.6 Å². The van der Waals surface area contributed by atoms with Crippen LogP contribution in [0.5, 0.6) is 5.75 Å². The fourth-order valence-corrected chi connectivity index (χ4v) is 1.93. The van der Waals surface area contributed by atoms with Gasteiger partial charge in [-0.05, 0) is 45.0 Å². The minimum absolute atomic E-state index is 0.0299. The summed E-state index contributed by atoms with van der Waals surface area (Å²) in [5.74, 6) is 1.45. The topological polar surface area (TPSA) is 47.0 Å². The number of hydrogen-bond donors (Lipinski definition) is 1. The number of nitrogens with one attached hydrogen (secondary N) is 1. The third-order valence-electron chi connectivity index (χ3n) is 2.81. The second-order valence-electron chi connectivity index (χ2n) is 5.81. The van der Waals surface area contributed by atoms with Gasteiger partial charge in [0, 0.05) is 35.1 Å². The van der Waals surface area contributed by atoms with Crippen molar-refractivity contribution in [3.63, 3.8) is 0 Å². The van der Waals surface area contributed by atoms with Crippen LogP contribution in [-0.2, 0) is 13.2 Å². The van der Waals surface area contributed by atoms with Crippen molar-refractivity contribution in [1.82, 2.24) is 15.3 Å². The molecule has 1 aromatic heterocycles. The molecule has 0 aliphatic carbocycles. The summed E-state index contributed by atoms with van der Waals surface area (Å²) in [6, 6.07) is 7.40. The fourth-order valence-electron chi connectivity index (χ4n) is 1.73. The average molecular weight is 306 g/mol. The van der Waals surface area contributed by atoms with Gasteiger partial charge in [-0.25, -0.2) is 9.97 Å². The van der Waals surface area contributed by atoms with Crippen LogP contribution >= 0.6 is 11.6 Å². The van der Waals surface area contributed by atoms with E-state index in [-0.39, 0.29) is 5.54 Å². The van der Waals surface area contributed by atoms with Crippen LogP contribution in [-0.4, -0.2) is 15.5 Å². The third-order valence-corrected chi connectivity index (χ3v) is 3.04. The van der Waals surface area contributed by atoms with Gasteiger partial charge in [-0.2, -0.15) is 0 Å². The van der Waals surface area contributed by atoms with Crippen molar-refractivity contribution < 1.29 is 4.74 Å². The molecule has 2 rings (SSSR count). The first kappa shape index (κ1) is 15.7. The molecule has 1 N–H and O–H groups in total. The van der Waals surface area contributed by atoms with E-state index in [0.717, 1.165) is 11.3 Å². The van der Waals surface area contributed by atoms with E-state index >= 15 is 0 Å². The lowest BCUT2D eigenvalue weighted by Gasteiger charge is -2.21. The summed E-state index contributed by atoms with van der Waals surface area (Å²) in [5, 5.41) is 4.13. The molecule has 112 valence electrons. The molecule has 0 aliphatic heterocycles. The maximum Gasteiger partial charge on any atom is 0.166 e. The lowest BCUT2D eigenvalue weighted by molar-refractivity contribution is 0.290. The average Bonchev–Trinajstić information content (AvgIpc) is 2.44. The van der Waals surface area contributed by atoms with Crippen molar-refractivity contribution in [1.29, 1.82) is 0 Å². The number of ether oxygens (including phenoxy) is 1. The zero-order valence-electron chi connectivity index (χ0n) is 12.6. The zero-order valence-corrected chi connectivity index (χ0v) is 13.3. The Morgan fingerprint density at radius 1 is 1.19 bits per heavy atom. The normalized spacial score (nSPS) is 11.4. The van der Waals surface area contributed by atoms with Gasteiger partial charge in [-0.3, -0.25) is 0 Å². The maximum atomic E-state index is 6.08. The van der Waals surface area contributed by atoms with E-state index < -0.39 is 0 Å². The first-order valence-electron chi connectivity index (χ1n) is 6.86. The molecule has 0 atom stereocenters. The van der Waals surface area contributed by atoms with Gasteiger partial charge in [0.25, 0.3) is 0 Å². The summed E-state index contributed by atoms with van der Waals surface area (Å²) in [5.41, 5.74) is 1.05. The van der Waals surface area contributed by atoms with Gasteiger partial charge in [-0.1, -0.05) is 11.6 Å². The Morgan fingerprint density at radius 2 is 1.90 bits per heavy atom. The van der Waals surface area contributed by atoms with Crippen LogP contribution in [0.25, 0.3) is 0 Å². The summed E-state index contributed by atoms with van der Waals surface area (Å²) in [7, 11) is 0. The fraction of sp³-hybridized carbons (Fsp3) is 0.375. The van der Waals surface area contributed by atoms with Gasteiger partial charge in [0.1, 0.15) is 12.4 Å². The van der Waals surface area contributed by atoms with Crippen LogP contribution in [0.15, 0.2) is 36.7 Å². The molecule has 1 aromatic carbocycles. The Balaban J connectivity index is 2.07. The highest BCUT2D eigenvalue weighted by molar-refractivity contribution is 6.30. The van der Waals surface area contributed by atoms with Gasteiger partial charge in [0.05, 0.1) is 0 Å².